The van der Waals surface area contributed by atoms with Crippen LogP contribution in [0.1, 0.15) is 79.6 Å². The molecule has 0 aliphatic heterocycles. The molecule has 3 fully saturated rings. The van der Waals surface area contributed by atoms with Crippen LogP contribution >= 0.6 is 0 Å². The predicted octanol–water partition coefficient (Wildman–Crippen LogP) is 6.04. The maximum Gasteiger partial charge on any atom is 0.0811 e. The van der Waals surface area contributed by atoms with E-state index in [9.17, 15) is 15.3 Å². The molecule has 3 N–H and O–H groups in total. The molecule has 0 bridgehead atoms. The SMILES string of the molecule is C=C1/C(=C\C=C2/CCC[C@@]3(C)C2CCC3[C@H](C)/C=C/C(C)=C/C(C)(C)O)C[C@@H](O)C[C@@H]1O. The van der Waals surface area contributed by atoms with E-state index in [1.54, 1.807) is 0 Å². The van der Waals surface area contributed by atoms with E-state index in [0.717, 1.165) is 23.1 Å². The van der Waals surface area contributed by atoms with Gasteiger partial charge in [0, 0.05) is 6.42 Å². The number of aliphatic hydroxyl groups is 3. The number of rotatable bonds is 5. The van der Waals surface area contributed by atoms with Crippen LogP contribution in [0.25, 0.3) is 0 Å². The van der Waals surface area contributed by atoms with E-state index in [2.05, 4.69) is 51.7 Å². The molecule has 0 radical (unpaired) electrons. The first-order valence-electron chi connectivity index (χ1n) is 12.5. The van der Waals surface area contributed by atoms with Gasteiger partial charge < -0.3 is 15.3 Å². The van der Waals surface area contributed by atoms with Gasteiger partial charge in [0.2, 0.25) is 0 Å². The average molecular weight is 441 g/mol. The van der Waals surface area contributed by atoms with Crippen molar-refractivity contribution in [1.82, 2.24) is 0 Å². The van der Waals surface area contributed by atoms with Crippen LogP contribution in [0.5, 0.6) is 0 Å². The Bertz CT molecular complexity index is 822. The monoisotopic (exact) mass is 440 g/mol. The molecule has 3 aliphatic rings. The molecule has 0 spiro atoms. The van der Waals surface area contributed by atoms with Gasteiger partial charge in [-0.1, -0.05) is 62.0 Å². The Morgan fingerprint density at radius 2 is 1.94 bits per heavy atom. The number of hydrogen-bond acceptors (Lipinski definition) is 3. The second kappa shape index (κ2) is 9.83. The third-order valence-corrected chi connectivity index (χ3v) is 8.18. The molecule has 0 aromatic heterocycles. The van der Waals surface area contributed by atoms with Crippen LogP contribution in [-0.2, 0) is 0 Å². The van der Waals surface area contributed by atoms with Crippen LogP contribution in [-0.4, -0.2) is 33.1 Å². The molecule has 0 amide bonds. The summed E-state index contributed by atoms with van der Waals surface area (Å²) in [5.41, 5.74) is 3.93. The number of fused-ring (bicyclic) bond motifs is 1. The fourth-order valence-corrected chi connectivity index (χ4v) is 6.65. The summed E-state index contributed by atoms with van der Waals surface area (Å²) in [6.45, 7) is 14.6. The fourth-order valence-electron chi connectivity index (χ4n) is 6.65. The van der Waals surface area contributed by atoms with Gasteiger partial charge in [0.1, 0.15) is 0 Å². The van der Waals surface area contributed by atoms with Crippen molar-refractivity contribution in [3.63, 3.8) is 0 Å². The van der Waals surface area contributed by atoms with Crippen LogP contribution < -0.4 is 0 Å². The van der Waals surface area contributed by atoms with Crippen molar-refractivity contribution in [2.24, 2.45) is 23.2 Å². The molecule has 178 valence electrons. The highest BCUT2D eigenvalue weighted by Gasteiger charge is 2.50. The van der Waals surface area contributed by atoms with Crippen LogP contribution in [0.2, 0.25) is 0 Å². The minimum Gasteiger partial charge on any atom is -0.393 e. The Morgan fingerprint density at radius 1 is 1.22 bits per heavy atom. The molecule has 3 rings (SSSR count). The number of aliphatic hydroxyl groups excluding tert-OH is 2. The zero-order valence-electron chi connectivity index (χ0n) is 20.8. The highest BCUT2D eigenvalue weighted by Crippen LogP contribution is 2.59. The average Bonchev–Trinajstić information content (AvgIpc) is 3.04. The first kappa shape index (κ1) is 25.2. The van der Waals surface area contributed by atoms with Crippen molar-refractivity contribution < 1.29 is 15.3 Å². The zero-order valence-corrected chi connectivity index (χ0v) is 20.8. The van der Waals surface area contributed by atoms with Crippen molar-refractivity contribution in [2.45, 2.75) is 97.4 Å². The Morgan fingerprint density at radius 3 is 2.62 bits per heavy atom. The lowest BCUT2D eigenvalue weighted by atomic mass is 9.61. The Hall–Kier alpha value is -1.42. The molecule has 0 heterocycles. The van der Waals surface area contributed by atoms with Crippen molar-refractivity contribution in [1.29, 1.82) is 0 Å². The van der Waals surface area contributed by atoms with Crippen molar-refractivity contribution in [2.75, 3.05) is 0 Å². The van der Waals surface area contributed by atoms with Gasteiger partial charge in [0.05, 0.1) is 17.8 Å². The van der Waals surface area contributed by atoms with E-state index < -0.39 is 17.8 Å². The maximum absolute atomic E-state index is 10.1. The lowest BCUT2D eigenvalue weighted by Crippen LogP contribution is -2.35. The first-order valence-corrected chi connectivity index (χ1v) is 12.5. The molecule has 0 aromatic rings. The lowest BCUT2D eigenvalue weighted by molar-refractivity contribution is 0.0862. The fraction of sp³-hybridized carbons (Fsp3) is 0.655. The maximum atomic E-state index is 10.1. The van der Waals surface area contributed by atoms with E-state index in [0.29, 0.717) is 36.0 Å². The Kier molecular flexibility index (Phi) is 7.74. The van der Waals surface area contributed by atoms with E-state index in [1.807, 2.05) is 19.9 Å². The molecule has 6 atom stereocenters. The second-order valence-electron chi connectivity index (χ2n) is 11.4. The van der Waals surface area contributed by atoms with E-state index in [-0.39, 0.29) is 0 Å². The summed E-state index contributed by atoms with van der Waals surface area (Å²) in [5, 5.41) is 30.2. The third-order valence-electron chi connectivity index (χ3n) is 8.18. The largest absolute Gasteiger partial charge is 0.393 e. The van der Waals surface area contributed by atoms with Crippen LogP contribution in [0.3, 0.4) is 0 Å². The van der Waals surface area contributed by atoms with Crippen LogP contribution in [0.15, 0.2) is 59.3 Å². The molecule has 3 aliphatic carbocycles. The number of hydrogen-bond donors (Lipinski definition) is 3. The van der Waals surface area contributed by atoms with Crippen molar-refractivity contribution in [3.8, 4) is 0 Å². The molecule has 0 saturated heterocycles. The van der Waals surface area contributed by atoms with E-state index in [1.165, 1.54) is 31.3 Å². The molecule has 3 heteroatoms. The van der Waals surface area contributed by atoms with Gasteiger partial charge in [-0.2, -0.15) is 0 Å². The molecule has 32 heavy (non-hydrogen) atoms. The van der Waals surface area contributed by atoms with Crippen LogP contribution in [0.4, 0.5) is 0 Å². The summed E-state index contributed by atoms with van der Waals surface area (Å²) in [5.74, 6) is 1.76. The molecular formula is C29H44O3. The lowest BCUT2D eigenvalue weighted by Gasteiger charge is -2.44. The summed E-state index contributed by atoms with van der Waals surface area (Å²) in [6, 6.07) is 0. The van der Waals surface area contributed by atoms with Gasteiger partial charge in [-0.05, 0) is 93.6 Å². The minimum absolute atomic E-state index is 0.308. The van der Waals surface area contributed by atoms with Gasteiger partial charge >= 0.3 is 0 Å². The molecule has 3 saturated carbocycles. The summed E-state index contributed by atoms with van der Waals surface area (Å²) < 4.78 is 0. The van der Waals surface area contributed by atoms with Gasteiger partial charge in [-0.25, -0.2) is 0 Å². The summed E-state index contributed by atoms with van der Waals surface area (Å²) in [7, 11) is 0. The summed E-state index contributed by atoms with van der Waals surface area (Å²) in [6.07, 6.45) is 16.8. The Labute approximate surface area is 195 Å². The third kappa shape index (κ3) is 5.73. The van der Waals surface area contributed by atoms with Gasteiger partial charge in [0.25, 0.3) is 0 Å². The van der Waals surface area contributed by atoms with Crippen molar-refractivity contribution >= 4 is 0 Å². The standard InChI is InChI=1S/C29H44O3/c1-19(18-28(4,5)32)9-10-20(2)25-13-14-26-22(8-7-15-29(25,26)6)11-12-23-16-24(30)17-27(31)21(23)3/h9-12,18,20,24-27,30-32H,3,7-8,13-17H2,1-2,4-6H3/b10-9+,19-18+,22-11+,23-12-/t20-,24-,25?,26?,27+,29-/m1/s1. The molecule has 0 aromatic carbocycles. The normalized spacial score (nSPS) is 38.0. The smallest absolute Gasteiger partial charge is 0.0811 e. The molecular weight excluding hydrogens is 396 g/mol. The second-order valence-corrected chi connectivity index (χ2v) is 11.4. The van der Waals surface area contributed by atoms with Crippen molar-refractivity contribution in [3.05, 3.63) is 59.3 Å². The van der Waals surface area contributed by atoms with Gasteiger partial charge in [-0.3, -0.25) is 0 Å². The first-order chi connectivity index (χ1) is 14.9. The molecule has 2 unspecified atom stereocenters. The quantitative estimate of drug-likeness (QED) is 0.457. The number of allylic oxidation sites excluding steroid dienone is 6. The highest BCUT2D eigenvalue weighted by molar-refractivity contribution is 5.38. The predicted molar refractivity (Wildman–Crippen MR) is 133 cm³/mol. The Balaban J connectivity index is 1.76. The highest BCUT2D eigenvalue weighted by atomic mass is 16.3. The van der Waals surface area contributed by atoms with Gasteiger partial charge in [-0.15, -0.1) is 0 Å². The van der Waals surface area contributed by atoms with Crippen LogP contribution in [0, 0.1) is 23.2 Å². The summed E-state index contributed by atoms with van der Waals surface area (Å²) in [4.78, 5) is 0. The van der Waals surface area contributed by atoms with Gasteiger partial charge in [0.15, 0.2) is 0 Å². The topological polar surface area (TPSA) is 60.7 Å². The van der Waals surface area contributed by atoms with E-state index in [4.69, 9.17) is 0 Å². The zero-order chi connectivity index (χ0) is 23.7. The summed E-state index contributed by atoms with van der Waals surface area (Å²) >= 11 is 0. The molecule has 3 nitrogen and oxygen atoms in total. The van der Waals surface area contributed by atoms with E-state index >= 15 is 0 Å². The minimum atomic E-state index is -0.782.